The van der Waals surface area contributed by atoms with Crippen LogP contribution in [0, 0.1) is 17.0 Å². The first kappa shape index (κ1) is 14.0. The van der Waals surface area contributed by atoms with Crippen molar-refractivity contribution in [3.05, 3.63) is 52.0 Å². The molecule has 0 radical (unpaired) electrons. The molecule has 0 saturated carbocycles. The lowest BCUT2D eigenvalue weighted by Crippen LogP contribution is -2.11. The van der Waals surface area contributed by atoms with Gasteiger partial charge in [0.2, 0.25) is 0 Å². The van der Waals surface area contributed by atoms with Crippen LogP contribution in [-0.4, -0.2) is 20.6 Å². The van der Waals surface area contributed by atoms with Crippen LogP contribution in [0.25, 0.3) is 0 Å². The van der Waals surface area contributed by atoms with Crippen LogP contribution < -0.4 is 4.74 Å². The number of aryl methyl sites for hydroxylation is 1. The third kappa shape index (κ3) is 2.96. The highest BCUT2D eigenvalue weighted by Crippen LogP contribution is 2.23. The standard InChI is InChI=1S/C14H17N3O3/c1-10(2)20-13-7-5-4-6-12(13)9-16-11(3)15-8-14(16)17(18)19/h4-8,10H,9H2,1-3H3. The molecule has 1 heterocycles. The smallest absolute Gasteiger partial charge is 0.343 e. The Bertz CT molecular complexity index is 620. The lowest BCUT2D eigenvalue weighted by Gasteiger charge is -2.13. The van der Waals surface area contributed by atoms with Gasteiger partial charge >= 0.3 is 5.82 Å². The molecule has 0 unspecified atom stereocenters. The van der Waals surface area contributed by atoms with Crippen molar-refractivity contribution in [2.45, 2.75) is 33.4 Å². The third-order valence-electron chi connectivity index (χ3n) is 2.88. The van der Waals surface area contributed by atoms with E-state index in [0.717, 1.165) is 11.3 Å². The van der Waals surface area contributed by atoms with E-state index in [1.54, 1.807) is 11.5 Å². The van der Waals surface area contributed by atoms with Gasteiger partial charge in [-0.1, -0.05) is 18.2 Å². The van der Waals surface area contributed by atoms with Crippen LogP contribution in [0.1, 0.15) is 25.2 Å². The Morgan fingerprint density at radius 3 is 2.75 bits per heavy atom. The maximum atomic E-state index is 11.0. The summed E-state index contributed by atoms with van der Waals surface area (Å²) in [5.74, 6) is 1.34. The topological polar surface area (TPSA) is 70.2 Å². The zero-order chi connectivity index (χ0) is 14.7. The van der Waals surface area contributed by atoms with Crippen molar-refractivity contribution in [3.63, 3.8) is 0 Å². The predicted molar refractivity (Wildman–Crippen MR) is 74.9 cm³/mol. The Balaban J connectivity index is 2.35. The van der Waals surface area contributed by atoms with Crippen LogP contribution >= 0.6 is 0 Å². The largest absolute Gasteiger partial charge is 0.491 e. The van der Waals surface area contributed by atoms with Gasteiger partial charge in [-0.25, -0.2) is 9.55 Å². The van der Waals surface area contributed by atoms with Crippen LogP contribution in [0.3, 0.4) is 0 Å². The molecular weight excluding hydrogens is 258 g/mol. The summed E-state index contributed by atoms with van der Waals surface area (Å²) in [6.07, 6.45) is 1.33. The van der Waals surface area contributed by atoms with Crippen molar-refractivity contribution < 1.29 is 9.66 Å². The van der Waals surface area contributed by atoms with E-state index in [0.29, 0.717) is 12.4 Å². The molecule has 0 N–H and O–H groups in total. The molecular formula is C14H17N3O3. The number of para-hydroxylation sites is 1. The summed E-state index contributed by atoms with van der Waals surface area (Å²) in [4.78, 5) is 14.6. The van der Waals surface area contributed by atoms with Crippen LogP contribution in [0.15, 0.2) is 30.5 Å². The fraction of sp³-hybridized carbons (Fsp3) is 0.357. The molecule has 0 aliphatic carbocycles. The fourth-order valence-electron chi connectivity index (χ4n) is 1.97. The third-order valence-corrected chi connectivity index (χ3v) is 2.88. The molecule has 0 fully saturated rings. The van der Waals surface area contributed by atoms with Gasteiger partial charge in [0.05, 0.1) is 6.10 Å². The van der Waals surface area contributed by atoms with Crippen molar-refractivity contribution in [1.82, 2.24) is 9.55 Å². The maximum absolute atomic E-state index is 11.0. The molecule has 6 heteroatoms. The van der Waals surface area contributed by atoms with Gasteiger partial charge in [0.1, 0.15) is 18.5 Å². The first-order valence-electron chi connectivity index (χ1n) is 6.40. The molecule has 0 atom stereocenters. The molecule has 106 valence electrons. The number of nitrogens with zero attached hydrogens (tertiary/aromatic N) is 3. The average Bonchev–Trinajstić information content (AvgIpc) is 2.73. The van der Waals surface area contributed by atoms with Crippen molar-refractivity contribution in [2.24, 2.45) is 0 Å². The number of aromatic nitrogens is 2. The Morgan fingerprint density at radius 2 is 2.10 bits per heavy atom. The summed E-state index contributed by atoms with van der Waals surface area (Å²) in [5, 5.41) is 11.0. The van der Waals surface area contributed by atoms with E-state index in [1.807, 2.05) is 38.1 Å². The summed E-state index contributed by atoms with van der Waals surface area (Å²) in [6.45, 7) is 6.01. The normalized spacial score (nSPS) is 10.8. The minimum Gasteiger partial charge on any atom is -0.491 e. The zero-order valence-corrected chi connectivity index (χ0v) is 11.7. The van der Waals surface area contributed by atoms with E-state index < -0.39 is 4.92 Å². The Hall–Kier alpha value is -2.37. The molecule has 6 nitrogen and oxygen atoms in total. The lowest BCUT2D eigenvalue weighted by atomic mass is 10.2. The minimum atomic E-state index is -0.425. The summed E-state index contributed by atoms with van der Waals surface area (Å²) >= 11 is 0. The van der Waals surface area contributed by atoms with Gasteiger partial charge in [-0.3, -0.25) is 0 Å². The Morgan fingerprint density at radius 1 is 1.40 bits per heavy atom. The minimum absolute atomic E-state index is 0.0122. The highest BCUT2D eigenvalue weighted by Gasteiger charge is 2.19. The van der Waals surface area contributed by atoms with E-state index in [-0.39, 0.29) is 11.9 Å². The number of rotatable bonds is 5. The van der Waals surface area contributed by atoms with Gasteiger partial charge in [0.25, 0.3) is 0 Å². The lowest BCUT2D eigenvalue weighted by molar-refractivity contribution is -0.392. The van der Waals surface area contributed by atoms with E-state index in [9.17, 15) is 10.1 Å². The zero-order valence-electron chi connectivity index (χ0n) is 11.7. The number of benzene rings is 1. The second kappa shape index (κ2) is 5.73. The van der Waals surface area contributed by atoms with Crippen LogP contribution in [0.2, 0.25) is 0 Å². The Labute approximate surface area is 117 Å². The first-order chi connectivity index (χ1) is 9.49. The fourth-order valence-corrected chi connectivity index (χ4v) is 1.97. The van der Waals surface area contributed by atoms with Gasteiger partial charge in [-0.05, 0) is 24.8 Å². The summed E-state index contributed by atoms with van der Waals surface area (Å²) in [5.41, 5.74) is 0.894. The van der Waals surface area contributed by atoms with E-state index in [2.05, 4.69) is 4.98 Å². The van der Waals surface area contributed by atoms with E-state index in [1.165, 1.54) is 6.20 Å². The number of hydrogen-bond acceptors (Lipinski definition) is 4. The van der Waals surface area contributed by atoms with Crippen molar-refractivity contribution in [3.8, 4) is 5.75 Å². The molecule has 2 rings (SSSR count). The highest BCUT2D eigenvalue weighted by atomic mass is 16.6. The average molecular weight is 275 g/mol. The highest BCUT2D eigenvalue weighted by molar-refractivity contribution is 5.35. The Kier molecular flexibility index (Phi) is 4.02. The molecule has 0 aliphatic rings. The molecule has 20 heavy (non-hydrogen) atoms. The maximum Gasteiger partial charge on any atom is 0.343 e. The van der Waals surface area contributed by atoms with Gasteiger partial charge < -0.3 is 14.9 Å². The summed E-state index contributed by atoms with van der Waals surface area (Å²) < 4.78 is 7.30. The van der Waals surface area contributed by atoms with Gasteiger partial charge in [-0.15, -0.1) is 0 Å². The van der Waals surface area contributed by atoms with Crippen LogP contribution in [-0.2, 0) is 6.54 Å². The quantitative estimate of drug-likeness (QED) is 0.621. The second-order valence-corrected chi connectivity index (χ2v) is 4.78. The number of hydrogen-bond donors (Lipinski definition) is 0. The number of ether oxygens (including phenoxy) is 1. The number of imidazole rings is 1. The monoisotopic (exact) mass is 275 g/mol. The summed E-state index contributed by atoms with van der Waals surface area (Å²) in [6, 6.07) is 7.55. The van der Waals surface area contributed by atoms with Gasteiger partial charge in [0.15, 0.2) is 5.82 Å². The van der Waals surface area contributed by atoms with Crippen molar-refractivity contribution in [1.29, 1.82) is 0 Å². The second-order valence-electron chi connectivity index (χ2n) is 4.78. The van der Waals surface area contributed by atoms with Crippen LogP contribution in [0.4, 0.5) is 5.82 Å². The van der Waals surface area contributed by atoms with Crippen LogP contribution in [0.5, 0.6) is 5.75 Å². The molecule has 0 amide bonds. The molecule has 0 spiro atoms. The molecule has 1 aromatic heterocycles. The molecule has 0 aliphatic heterocycles. The predicted octanol–water partition coefficient (Wildman–Crippen LogP) is 2.94. The molecule has 1 aromatic carbocycles. The van der Waals surface area contributed by atoms with Crippen molar-refractivity contribution in [2.75, 3.05) is 0 Å². The van der Waals surface area contributed by atoms with Gasteiger partial charge in [-0.2, -0.15) is 0 Å². The van der Waals surface area contributed by atoms with E-state index in [4.69, 9.17) is 4.74 Å². The summed E-state index contributed by atoms with van der Waals surface area (Å²) in [7, 11) is 0. The van der Waals surface area contributed by atoms with E-state index >= 15 is 0 Å². The number of nitro groups is 1. The molecule has 0 bridgehead atoms. The first-order valence-corrected chi connectivity index (χ1v) is 6.40. The molecule has 2 aromatic rings. The SMILES string of the molecule is Cc1ncc([N+](=O)[O-])n1Cc1ccccc1OC(C)C. The van der Waals surface area contributed by atoms with Gasteiger partial charge in [0, 0.05) is 12.5 Å². The van der Waals surface area contributed by atoms with Crippen molar-refractivity contribution >= 4 is 5.82 Å². The molecule has 0 saturated heterocycles.